The molecule has 0 bridgehead atoms. The summed E-state index contributed by atoms with van der Waals surface area (Å²) in [4.78, 5) is 0. The van der Waals surface area contributed by atoms with Crippen molar-refractivity contribution in [2.45, 2.75) is 133 Å². The lowest BCUT2D eigenvalue weighted by Crippen LogP contribution is -2.38. The molecule has 2 fully saturated rings. The summed E-state index contributed by atoms with van der Waals surface area (Å²) >= 11 is 0. The second kappa shape index (κ2) is 22.1. The van der Waals surface area contributed by atoms with Gasteiger partial charge < -0.3 is 65.1 Å². The van der Waals surface area contributed by atoms with E-state index in [1.807, 2.05) is 13.0 Å². The molecule has 0 radical (unpaired) electrons. The topological polar surface area (TPSA) is 211 Å². The molecule has 58 heavy (non-hydrogen) atoms. The number of nitrogens with one attached hydrogen (secondary N) is 1. The van der Waals surface area contributed by atoms with E-state index in [0.717, 1.165) is 49.7 Å². The predicted molar refractivity (Wildman–Crippen MR) is 225 cm³/mol. The zero-order valence-electron chi connectivity index (χ0n) is 34.4. The van der Waals surface area contributed by atoms with Crippen LogP contribution in [0, 0.1) is 23.2 Å². The number of aliphatic hydroxyl groups excluding tert-OH is 6. The summed E-state index contributed by atoms with van der Waals surface area (Å²) in [6.07, 6.45) is 4.55. The number of fused-ring (bicyclic) bond motifs is 1. The van der Waals surface area contributed by atoms with Crippen LogP contribution in [-0.4, -0.2) is 117 Å². The molecule has 9 N–H and O–H groups in total. The number of ether oxygens (including phenoxy) is 4. The largest absolute Gasteiger partial charge is 0.504 e. The fourth-order valence-corrected chi connectivity index (χ4v) is 12.5. The first-order chi connectivity index (χ1) is 27.8. The lowest BCUT2D eigenvalue weighted by atomic mass is 9.73. The summed E-state index contributed by atoms with van der Waals surface area (Å²) in [6.45, 7) is 5.62. The van der Waals surface area contributed by atoms with E-state index in [1.54, 1.807) is 12.1 Å². The molecule has 13 nitrogen and oxygen atoms in total. The first-order valence-electron chi connectivity index (χ1n) is 20.8. The molecular formula is C43H67NO12S2. The highest BCUT2D eigenvalue weighted by Crippen LogP contribution is 2.57. The zero-order valence-corrected chi connectivity index (χ0v) is 36.1. The van der Waals surface area contributed by atoms with Crippen molar-refractivity contribution in [1.29, 1.82) is 0 Å². The van der Waals surface area contributed by atoms with Crippen molar-refractivity contribution in [3.8, 4) is 28.7 Å². The normalized spacial score (nSPS) is 30.1. The molecule has 3 aliphatic rings. The number of hydrogen-bond donors (Lipinski definition) is 9. The number of aromatic hydroxyl groups is 2. The SMILES string of the molecule is COc1cc(C[C@H]2[C@H](O)C[C@@H](OCO)CCc3cc(O[C@@H]4CC[C@]5(C[C@@H](NC[C@H](C)O)C[C@H]5CC(C)C)C4)c(O)cc3[C@H](CCO)SSC[C@@H]2O)cc(OCO)c1O. The van der Waals surface area contributed by atoms with E-state index in [1.165, 1.54) is 34.8 Å². The second-order valence-corrected chi connectivity index (χ2v) is 19.7. The van der Waals surface area contributed by atoms with E-state index in [2.05, 4.69) is 19.2 Å². The Bertz CT molecular complexity index is 1580. The van der Waals surface area contributed by atoms with Gasteiger partial charge >= 0.3 is 0 Å². The van der Waals surface area contributed by atoms with E-state index in [-0.39, 0.29) is 65.0 Å². The van der Waals surface area contributed by atoms with Gasteiger partial charge in [0.1, 0.15) is 6.79 Å². The minimum Gasteiger partial charge on any atom is -0.504 e. The van der Waals surface area contributed by atoms with E-state index in [9.17, 15) is 40.9 Å². The molecule has 0 amide bonds. The summed E-state index contributed by atoms with van der Waals surface area (Å²) in [5.41, 5.74) is 2.50. The number of aryl methyl sites for hydroxylation is 1. The molecular weight excluding hydrogens is 787 g/mol. The number of hydrogen-bond acceptors (Lipinski definition) is 15. The highest BCUT2D eigenvalue weighted by Gasteiger charge is 2.51. The average molecular weight is 854 g/mol. The lowest BCUT2D eigenvalue weighted by Gasteiger charge is -2.32. The number of phenols is 2. The number of aliphatic hydroxyl groups is 6. The Balaban J connectivity index is 1.38. The molecule has 0 aromatic heterocycles. The summed E-state index contributed by atoms with van der Waals surface area (Å²) < 4.78 is 23.0. The zero-order chi connectivity index (χ0) is 42.0. The number of rotatable bonds is 16. The van der Waals surface area contributed by atoms with Gasteiger partial charge in [0, 0.05) is 36.1 Å². The lowest BCUT2D eigenvalue weighted by molar-refractivity contribution is -0.0808. The van der Waals surface area contributed by atoms with Crippen LogP contribution in [0.25, 0.3) is 0 Å². The molecule has 2 aromatic rings. The molecule has 1 aliphatic heterocycles. The van der Waals surface area contributed by atoms with Crippen molar-refractivity contribution in [2.24, 2.45) is 23.2 Å². The molecule has 1 heterocycles. The standard InChI is InChI=1S/C43H67NO12S2/c1-25(2)11-29-16-30(44-21-26(3)48)19-43(29)9-7-32(20-43)56-38-15-28-5-6-31(54-23-46)17-35(49)34(12-27-13-39(53-4)42(52)40(14-27)55-24-47)37(51)22-57-58-41(8-10-45)33(28)18-36(38)50/h13-15,18,25-26,29-32,34-35,37,41,44-52H,5-12,16-17,19-24H2,1-4H3/t26-,29+,30-,31-,32+,34-,35+,37-,41-,43-/m0/s1. The molecule has 5 rings (SSSR count). The van der Waals surface area contributed by atoms with Crippen molar-refractivity contribution in [2.75, 3.05) is 39.6 Å². The third-order valence-electron chi connectivity index (χ3n) is 12.4. The minimum absolute atomic E-state index is 0.00396. The maximum atomic E-state index is 11.7. The van der Waals surface area contributed by atoms with Crippen LogP contribution in [0.1, 0.15) is 100 Å². The third-order valence-corrected chi connectivity index (χ3v) is 15.2. The van der Waals surface area contributed by atoms with Crippen LogP contribution < -0.4 is 19.5 Å². The van der Waals surface area contributed by atoms with Crippen LogP contribution in [0.3, 0.4) is 0 Å². The van der Waals surface area contributed by atoms with Gasteiger partial charge in [0.25, 0.3) is 0 Å². The maximum absolute atomic E-state index is 11.7. The molecule has 1 spiro atoms. The highest BCUT2D eigenvalue weighted by molar-refractivity contribution is 8.76. The van der Waals surface area contributed by atoms with Gasteiger partial charge in [0.2, 0.25) is 5.75 Å². The monoisotopic (exact) mass is 853 g/mol. The highest BCUT2D eigenvalue weighted by atomic mass is 33.1. The number of methoxy groups -OCH3 is 1. The fourth-order valence-electron chi connectivity index (χ4n) is 9.63. The van der Waals surface area contributed by atoms with E-state index in [4.69, 9.17) is 18.9 Å². The molecule has 10 atom stereocenters. The summed E-state index contributed by atoms with van der Waals surface area (Å²) in [6, 6.07) is 7.14. The van der Waals surface area contributed by atoms with Crippen molar-refractivity contribution < 1.29 is 59.8 Å². The van der Waals surface area contributed by atoms with Crippen molar-refractivity contribution in [1.82, 2.24) is 5.32 Å². The van der Waals surface area contributed by atoms with Crippen LogP contribution in [0.5, 0.6) is 28.7 Å². The van der Waals surface area contributed by atoms with Crippen LogP contribution in [0.4, 0.5) is 0 Å². The second-order valence-electron chi connectivity index (χ2n) is 17.1. The van der Waals surface area contributed by atoms with Crippen molar-refractivity contribution >= 4 is 21.6 Å². The van der Waals surface area contributed by atoms with Gasteiger partial charge in [-0.05, 0) is 136 Å². The smallest absolute Gasteiger partial charge is 0.200 e. The molecule has 2 saturated carbocycles. The van der Waals surface area contributed by atoms with Gasteiger partial charge in [-0.2, -0.15) is 0 Å². The Labute approximate surface area is 351 Å². The van der Waals surface area contributed by atoms with Gasteiger partial charge in [-0.1, -0.05) is 35.4 Å². The Morgan fingerprint density at radius 2 is 1.69 bits per heavy atom. The maximum Gasteiger partial charge on any atom is 0.200 e. The van der Waals surface area contributed by atoms with Crippen molar-refractivity contribution in [3.05, 3.63) is 41.0 Å². The quantitative estimate of drug-likeness (QED) is 0.0785. The first kappa shape index (κ1) is 46.9. The minimum atomic E-state index is -1.06. The Hall–Kier alpha value is -2.18. The summed E-state index contributed by atoms with van der Waals surface area (Å²) in [5.74, 6) is 0.948. The van der Waals surface area contributed by atoms with Gasteiger partial charge in [-0.25, -0.2) is 0 Å². The van der Waals surface area contributed by atoms with Crippen molar-refractivity contribution in [3.63, 3.8) is 0 Å². The Kier molecular flexibility index (Phi) is 17.8. The summed E-state index contributed by atoms with van der Waals surface area (Å²) in [7, 11) is 4.30. The van der Waals surface area contributed by atoms with Gasteiger partial charge in [-0.15, -0.1) is 0 Å². The molecule has 2 aromatic carbocycles. The molecule has 0 unspecified atom stereocenters. The molecule has 328 valence electrons. The van der Waals surface area contributed by atoms with Gasteiger partial charge in [0.15, 0.2) is 29.8 Å². The van der Waals surface area contributed by atoms with Crippen LogP contribution in [-0.2, 0) is 17.6 Å². The van der Waals surface area contributed by atoms with E-state index in [0.29, 0.717) is 55.0 Å². The Morgan fingerprint density at radius 1 is 0.914 bits per heavy atom. The van der Waals surface area contributed by atoms with Crippen LogP contribution in [0.2, 0.25) is 0 Å². The number of phenolic OH excluding ortho intramolecular Hbond substituents is 2. The van der Waals surface area contributed by atoms with Crippen LogP contribution >= 0.6 is 21.6 Å². The van der Waals surface area contributed by atoms with Gasteiger partial charge in [-0.3, -0.25) is 0 Å². The van der Waals surface area contributed by atoms with Crippen LogP contribution in [0.15, 0.2) is 24.3 Å². The predicted octanol–water partition coefficient (Wildman–Crippen LogP) is 5.20. The average Bonchev–Trinajstić information content (AvgIpc) is 3.74. The molecule has 15 heteroatoms. The van der Waals surface area contributed by atoms with Gasteiger partial charge in [0.05, 0.1) is 37.6 Å². The summed E-state index contributed by atoms with van der Waals surface area (Å²) in [5, 5.41) is 88.0. The number of benzene rings is 2. The van der Waals surface area contributed by atoms with E-state index >= 15 is 0 Å². The van der Waals surface area contributed by atoms with E-state index < -0.39 is 43.9 Å². The Morgan fingerprint density at radius 3 is 2.38 bits per heavy atom. The molecule has 2 aliphatic carbocycles. The molecule has 0 saturated heterocycles. The third kappa shape index (κ3) is 12.2. The first-order valence-corrected chi connectivity index (χ1v) is 23.2. The fraction of sp³-hybridized carbons (Fsp3) is 0.721.